The van der Waals surface area contributed by atoms with Gasteiger partial charge < -0.3 is 5.32 Å². The zero-order valence-corrected chi connectivity index (χ0v) is 12.5. The van der Waals surface area contributed by atoms with Crippen molar-refractivity contribution >= 4 is 38.7 Å². The molecule has 94 valence electrons. The Labute approximate surface area is 119 Å². The Bertz CT molecular complexity index is 533. The molecule has 2 rings (SSSR count). The van der Waals surface area contributed by atoms with Crippen LogP contribution in [-0.2, 0) is 6.54 Å². The number of ketones is 1. The summed E-state index contributed by atoms with van der Waals surface area (Å²) in [6, 6.07) is 9.75. The summed E-state index contributed by atoms with van der Waals surface area (Å²) in [6.45, 7) is 2.68. The van der Waals surface area contributed by atoms with Crippen LogP contribution in [0, 0.1) is 0 Å². The normalized spacial score (nSPS) is 10.3. The van der Waals surface area contributed by atoms with Crippen LogP contribution < -0.4 is 5.32 Å². The van der Waals surface area contributed by atoms with E-state index < -0.39 is 0 Å². The second-order valence-corrected chi connectivity index (χ2v) is 5.85. The molecule has 18 heavy (non-hydrogen) atoms. The summed E-state index contributed by atoms with van der Waals surface area (Å²) in [5.74, 6) is 0.184. The molecule has 0 bridgehead atoms. The molecule has 0 unspecified atom stereocenters. The van der Waals surface area contributed by atoms with Gasteiger partial charge in [-0.2, -0.15) is 0 Å². The molecule has 2 nitrogen and oxygen atoms in total. The fourth-order valence-electron chi connectivity index (χ4n) is 1.61. The minimum Gasteiger partial charge on any atom is -0.380 e. The van der Waals surface area contributed by atoms with E-state index in [1.54, 1.807) is 11.3 Å². The predicted molar refractivity (Wildman–Crippen MR) is 80.4 cm³/mol. The van der Waals surface area contributed by atoms with Gasteiger partial charge in [-0.15, -0.1) is 11.3 Å². The van der Waals surface area contributed by atoms with Crippen LogP contribution in [0.3, 0.4) is 0 Å². The smallest absolute Gasteiger partial charge is 0.162 e. The van der Waals surface area contributed by atoms with Crippen LogP contribution >= 0.6 is 27.3 Å². The molecule has 1 aromatic carbocycles. The molecule has 0 aliphatic carbocycles. The zero-order valence-electron chi connectivity index (χ0n) is 10.1. The molecular weight excluding hydrogens is 310 g/mol. The first kappa shape index (κ1) is 13.3. The highest BCUT2D eigenvalue weighted by molar-refractivity contribution is 9.10. The second kappa shape index (κ2) is 6.16. The average molecular weight is 324 g/mol. The van der Waals surface area contributed by atoms with Crippen LogP contribution in [0.1, 0.15) is 28.6 Å². The summed E-state index contributed by atoms with van der Waals surface area (Å²) in [5.41, 5.74) is 1.81. The van der Waals surface area contributed by atoms with Gasteiger partial charge in [-0.05, 0) is 46.3 Å². The maximum absolute atomic E-state index is 11.5. The minimum absolute atomic E-state index is 0.184. The zero-order chi connectivity index (χ0) is 13.0. The first-order valence-corrected chi connectivity index (χ1v) is 7.46. The van der Waals surface area contributed by atoms with Crippen molar-refractivity contribution < 1.29 is 4.79 Å². The first-order valence-electron chi connectivity index (χ1n) is 5.79. The van der Waals surface area contributed by atoms with Gasteiger partial charge in [0.2, 0.25) is 0 Å². The van der Waals surface area contributed by atoms with Crippen LogP contribution in [0.4, 0.5) is 5.69 Å². The van der Waals surface area contributed by atoms with Crippen molar-refractivity contribution in [2.45, 2.75) is 19.9 Å². The lowest BCUT2D eigenvalue weighted by Crippen LogP contribution is -1.99. The van der Waals surface area contributed by atoms with E-state index in [1.165, 1.54) is 4.88 Å². The van der Waals surface area contributed by atoms with Gasteiger partial charge in [0.1, 0.15) is 0 Å². The molecule has 1 heterocycles. The van der Waals surface area contributed by atoms with Crippen molar-refractivity contribution in [1.29, 1.82) is 0 Å². The van der Waals surface area contributed by atoms with Gasteiger partial charge in [0.05, 0.1) is 0 Å². The summed E-state index contributed by atoms with van der Waals surface area (Å²) in [5, 5.41) is 5.41. The summed E-state index contributed by atoms with van der Waals surface area (Å²) in [7, 11) is 0. The molecule has 1 N–H and O–H groups in total. The van der Waals surface area contributed by atoms with Gasteiger partial charge in [-0.1, -0.05) is 6.92 Å². The number of Topliss-reactive ketones (excluding diaryl/α,β-unsaturated/α-hetero) is 1. The number of halogens is 1. The Morgan fingerprint density at radius 3 is 2.61 bits per heavy atom. The van der Waals surface area contributed by atoms with E-state index in [-0.39, 0.29) is 5.78 Å². The van der Waals surface area contributed by atoms with Crippen molar-refractivity contribution in [3.63, 3.8) is 0 Å². The third-order valence-electron chi connectivity index (χ3n) is 2.62. The summed E-state index contributed by atoms with van der Waals surface area (Å²) in [4.78, 5) is 12.8. The number of carbonyl (C=O) groups is 1. The van der Waals surface area contributed by atoms with Gasteiger partial charge in [-0.25, -0.2) is 0 Å². The SMILES string of the molecule is CCC(=O)c1ccc(NCc2cc(Br)cs2)cc1. The summed E-state index contributed by atoms with van der Waals surface area (Å²) < 4.78 is 1.12. The van der Waals surface area contributed by atoms with E-state index in [0.717, 1.165) is 22.3 Å². The number of hydrogen-bond donors (Lipinski definition) is 1. The highest BCUT2D eigenvalue weighted by Gasteiger charge is 2.02. The maximum atomic E-state index is 11.5. The van der Waals surface area contributed by atoms with E-state index in [4.69, 9.17) is 0 Å². The lowest BCUT2D eigenvalue weighted by molar-refractivity contribution is 0.0988. The molecule has 0 spiro atoms. The lowest BCUT2D eigenvalue weighted by Gasteiger charge is -2.05. The highest BCUT2D eigenvalue weighted by Crippen LogP contribution is 2.21. The monoisotopic (exact) mass is 323 g/mol. The molecule has 1 aromatic heterocycles. The van der Waals surface area contributed by atoms with Crippen LogP contribution in [-0.4, -0.2) is 5.78 Å². The molecule has 0 atom stereocenters. The van der Waals surface area contributed by atoms with E-state index in [1.807, 2.05) is 31.2 Å². The number of carbonyl (C=O) groups excluding carboxylic acids is 1. The molecule has 0 aliphatic heterocycles. The topological polar surface area (TPSA) is 29.1 Å². The average Bonchev–Trinajstić information content (AvgIpc) is 2.82. The second-order valence-electron chi connectivity index (χ2n) is 3.94. The summed E-state index contributed by atoms with van der Waals surface area (Å²) >= 11 is 5.15. The minimum atomic E-state index is 0.184. The molecule has 0 radical (unpaired) electrons. The van der Waals surface area contributed by atoms with Gasteiger partial charge in [0.25, 0.3) is 0 Å². The van der Waals surface area contributed by atoms with Crippen molar-refractivity contribution in [2.75, 3.05) is 5.32 Å². The number of thiophene rings is 1. The fraction of sp³-hybridized carbons (Fsp3) is 0.214. The van der Waals surface area contributed by atoms with Crippen LogP contribution in [0.2, 0.25) is 0 Å². The lowest BCUT2D eigenvalue weighted by atomic mass is 10.1. The van der Waals surface area contributed by atoms with Crippen LogP contribution in [0.25, 0.3) is 0 Å². The molecule has 0 saturated heterocycles. The van der Waals surface area contributed by atoms with Crippen molar-refractivity contribution in [3.8, 4) is 0 Å². The number of hydrogen-bond acceptors (Lipinski definition) is 3. The Morgan fingerprint density at radius 2 is 2.06 bits per heavy atom. The van der Waals surface area contributed by atoms with E-state index in [0.29, 0.717) is 6.42 Å². The van der Waals surface area contributed by atoms with E-state index in [9.17, 15) is 4.79 Å². The van der Waals surface area contributed by atoms with Gasteiger partial charge >= 0.3 is 0 Å². The summed E-state index contributed by atoms with van der Waals surface area (Å²) in [6.07, 6.45) is 0.552. The molecule has 4 heteroatoms. The standard InChI is InChI=1S/C14H14BrNOS/c1-2-14(17)10-3-5-12(6-4-10)16-8-13-7-11(15)9-18-13/h3-7,9,16H,2,8H2,1H3. The third kappa shape index (κ3) is 3.43. The third-order valence-corrected chi connectivity index (χ3v) is 4.31. The number of rotatable bonds is 5. The Balaban J connectivity index is 1.96. The van der Waals surface area contributed by atoms with Crippen molar-refractivity contribution in [2.24, 2.45) is 0 Å². The largest absolute Gasteiger partial charge is 0.380 e. The van der Waals surface area contributed by atoms with E-state index >= 15 is 0 Å². The molecular formula is C14H14BrNOS. The number of benzene rings is 1. The van der Waals surface area contributed by atoms with Gasteiger partial charge in [0, 0.05) is 38.9 Å². The Morgan fingerprint density at radius 1 is 1.33 bits per heavy atom. The maximum Gasteiger partial charge on any atom is 0.162 e. The quantitative estimate of drug-likeness (QED) is 0.807. The fourth-order valence-corrected chi connectivity index (χ4v) is 3.00. The molecule has 0 saturated carbocycles. The Kier molecular flexibility index (Phi) is 4.55. The van der Waals surface area contributed by atoms with Gasteiger partial charge in [-0.3, -0.25) is 4.79 Å². The number of anilines is 1. The molecule has 2 aromatic rings. The van der Waals surface area contributed by atoms with Crippen LogP contribution in [0.15, 0.2) is 40.2 Å². The van der Waals surface area contributed by atoms with Crippen molar-refractivity contribution in [3.05, 3.63) is 50.6 Å². The number of nitrogens with one attached hydrogen (secondary N) is 1. The highest BCUT2D eigenvalue weighted by atomic mass is 79.9. The van der Waals surface area contributed by atoms with Crippen LogP contribution in [0.5, 0.6) is 0 Å². The predicted octanol–water partition coefficient (Wildman–Crippen LogP) is 4.72. The van der Waals surface area contributed by atoms with E-state index in [2.05, 4.69) is 32.7 Å². The molecule has 0 aliphatic rings. The molecule has 0 amide bonds. The Hall–Kier alpha value is -1.13. The van der Waals surface area contributed by atoms with Gasteiger partial charge in [0.15, 0.2) is 5.78 Å². The first-order chi connectivity index (χ1) is 8.69. The molecule has 0 fully saturated rings. The van der Waals surface area contributed by atoms with Crippen molar-refractivity contribution in [1.82, 2.24) is 0 Å².